The van der Waals surface area contributed by atoms with Gasteiger partial charge in [-0.1, -0.05) is 47.6 Å². The van der Waals surface area contributed by atoms with Gasteiger partial charge in [-0.25, -0.2) is 8.42 Å². The summed E-state index contributed by atoms with van der Waals surface area (Å²) in [6.07, 6.45) is 0. The fourth-order valence-electron chi connectivity index (χ4n) is 3.58. The average molecular weight is 430 g/mol. The molecule has 0 unspecified atom stereocenters. The number of nitrogens with two attached hydrogens (primary N) is 1. The lowest BCUT2D eigenvalue weighted by Crippen LogP contribution is -2.33. The highest BCUT2D eigenvalue weighted by atomic mass is 35.5. The summed E-state index contributed by atoms with van der Waals surface area (Å²) in [6, 6.07) is 13.1. The van der Waals surface area contributed by atoms with Crippen LogP contribution < -0.4 is 5.73 Å². The summed E-state index contributed by atoms with van der Waals surface area (Å²) in [7, 11) is -2.22. The van der Waals surface area contributed by atoms with E-state index in [1.54, 1.807) is 30.3 Å². The largest absolute Gasteiger partial charge is 0.393 e. The van der Waals surface area contributed by atoms with Crippen LogP contribution in [0, 0.1) is 5.41 Å². The smallest absolute Gasteiger partial charge is 0.182 e. The van der Waals surface area contributed by atoms with Crippen LogP contribution in [-0.4, -0.2) is 32.4 Å². The maximum absolute atomic E-state index is 13.3. The van der Waals surface area contributed by atoms with Gasteiger partial charge in [0.2, 0.25) is 0 Å². The van der Waals surface area contributed by atoms with Crippen LogP contribution in [0.15, 0.2) is 53.4 Å². The van der Waals surface area contributed by atoms with E-state index in [4.69, 9.17) is 45.9 Å². The van der Waals surface area contributed by atoms with Crippen LogP contribution in [0.1, 0.15) is 11.5 Å². The van der Waals surface area contributed by atoms with Crippen LogP contribution in [0.4, 0.5) is 0 Å². The zero-order valence-corrected chi connectivity index (χ0v) is 17.0. The first-order valence-corrected chi connectivity index (χ1v) is 10.5. The molecular formula is C18H17Cl2NO3S2. The molecule has 0 bridgehead atoms. The normalized spacial score (nSPS) is 25.0. The maximum atomic E-state index is 13.3. The molecule has 2 N–H and O–H groups in total. The quantitative estimate of drug-likeness (QED) is 0.705. The summed E-state index contributed by atoms with van der Waals surface area (Å²) < 4.78 is 32.0. The van der Waals surface area contributed by atoms with Crippen molar-refractivity contribution >= 4 is 50.2 Å². The predicted molar refractivity (Wildman–Crippen MR) is 108 cm³/mol. The molecule has 0 heterocycles. The molecule has 4 nitrogen and oxygen atoms in total. The fourth-order valence-corrected chi connectivity index (χ4v) is 6.68. The first kappa shape index (κ1) is 19.6. The molecule has 26 heavy (non-hydrogen) atoms. The summed E-state index contributed by atoms with van der Waals surface area (Å²) in [5.41, 5.74) is 5.80. The number of hydrogen-bond acceptors (Lipinski definition) is 4. The van der Waals surface area contributed by atoms with Crippen LogP contribution in [0.5, 0.6) is 0 Å². The van der Waals surface area contributed by atoms with E-state index in [2.05, 4.69) is 0 Å². The molecule has 2 aromatic carbocycles. The molecule has 138 valence electrons. The predicted octanol–water partition coefficient (Wildman–Crippen LogP) is 3.85. The van der Waals surface area contributed by atoms with Crippen molar-refractivity contribution in [3.05, 3.63) is 64.1 Å². The number of rotatable bonds is 6. The molecule has 0 spiro atoms. The SMILES string of the molecule is COC[C@@]1(C(N)=S)[C@H](S(=O)(=O)c2ccc(Cl)cc2)[C@@H]1c1cccc(Cl)c1. The Labute approximate surface area is 168 Å². The van der Waals surface area contributed by atoms with Crippen LogP contribution in [0.2, 0.25) is 10.0 Å². The summed E-state index contributed by atoms with van der Waals surface area (Å²) >= 11 is 17.3. The first-order valence-electron chi connectivity index (χ1n) is 7.79. The van der Waals surface area contributed by atoms with Gasteiger partial charge in [0.15, 0.2) is 9.84 Å². The Balaban J connectivity index is 2.13. The second-order valence-corrected chi connectivity index (χ2v) is 9.67. The molecule has 3 rings (SSSR count). The van der Waals surface area contributed by atoms with Gasteiger partial charge in [0, 0.05) is 23.1 Å². The zero-order chi connectivity index (χ0) is 19.1. The first-order chi connectivity index (χ1) is 12.2. The van der Waals surface area contributed by atoms with E-state index in [0.717, 1.165) is 5.56 Å². The Morgan fingerprint density at radius 3 is 2.38 bits per heavy atom. The molecule has 0 aliphatic heterocycles. The van der Waals surface area contributed by atoms with Gasteiger partial charge in [-0.15, -0.1) is 0 Å². The molecule has 0 aromatic heterocycles. The molecule has 0 radical (unpaired) electrons. The third-order valence-electron chi connectivity index (χ3n) is 4.78. The van der Waals surface area contributed by atoms with Crippen LogP contribution in [-0.2, 0) is 14.6 Å². The summed E-state index contributed by atoms with van der Waals surface area (Å²) in [4.78, 5) is 0.292. The monoisotopic (exact) mass is 429 g/mol. The number of halogens is 2. The van der Waals surface area contributed by atoms with E-state index in [9.17, 15) is 8.42 Å². The lowest BCUT2D eigenvalue weighted by molar-refractivity contribution is 0.166. The number of ether oxygens (including phenoxy) is 1. The highest BCUT2D eigenvalue weighted by Crippen LogP contribution is 2.64. The summed E-state index contributed by atoms with van der Waals surface area (Å²) in [5, 5.41) is 0.155. The fraction of sp³-hybridized carbons (Fsp3) is 0.278. The van der Waals surface area contributed by atoms with Crippen LogP contribution >= 0.6 is 35.4 Å². The minimum absolute atomic E-state index is 0.108. The molecule has 1 fully saturated rings. The third kappa shape index (κ3) is 3.14. The van der Waals surface area contributed by atoms with Gasteiger partial charge >= 0.3 is 0 Å². The average Bonchev–Trinajstić information content (AvgIpc) is 3.27. The highest BCUT2D eigenvalue weighted by molar-refractivity contribution is 7.92. The number of thiocarbonyl (C=S) groups is 1. The van der Waals surface area contributed by atoms with Gasteiger partial charge in [0.1, 0.15) is 0 Å². The van der Waals surface area contributed by atoms with E-state index in [0.29, 0.717) is 10.0 Å². The summed E-state index contributed by atoms with van der Waals surface area (Å²) in [5.74, 6) is -0.431. The molecule has 2 aromatic rings. The van der Waals surface area contributed by atoms with Crippen LogP contribution in [0.3, 0.4) is 0 Å². The van der Waals surface area contributed by atoms with Crippen molar-refractivity contribution in [3.63, 3.8) is 0 Å². The molecule has 8 heteroatoms. The lowest BCUT2D eigenvalue weighted by atomic mass is 10.00. The lowest BCUT2D eigenvalue weighted by Gasteiger charge is -2.16. The van der Waals surface area contributed by atoms with Crippen molar-refractivity contribution in [2.75, 3.05) is 13.7 Å². The third-order valence-corrected chi connectivity index (χ3v) is 7.94. The Hall–Kier alpha value is -1.18. The molecule has 1 aliphatic rings. The number of benzene rings is 2. The minimum Gasteiger partial charge on any atom is -0.393 e. The second kappa shape index (κ2) is 7.09. The van der Waals surface area contributed by atoms with Crippen molar-refractivity contribution in [2.24, 2.45) is 11.1 Å². The van der Waals surface area contributed by atoms with Gasteiger partial charge in [-0.05, 0) is 42.0 Å². The van der Waals surface area contributed by atoms with Gasteiger partial charge < -0.3 is 10.5 Å². The molecule has 3 atom stereocenters. The molecule has 0 saturated heterocycles. The Kier molecular flexibility index (Phi) is 5.34. The van der Waals surface area contributed by atoms with Crippen molar-refractivity contribution in [1.29, 1.82) is 0 Å². The molecule has 1 saturated carbocycles. The topological polar surface area (TPSA) is 69.4 Å². The molecule has 1 aliphatic carbocycles. The Bertz CT molecular complexity index is 947. The number of hydrogen-bond donors (Lipinski definition) is 1. The van der Waals surface area contributed by atoms with E-state index in [1.807, 2.05) is 6.07 Å². The minimum atomic E-state index is -3.72. The van der Waals surface area contributed by atoms with E-state index >= 15 is 0 Å². The molecular weight excluding hydrogens is 413 g/mol. The second-order valence-electron chi connectivity index (χ2n) is 6.29. The van der Waals surface area contributed by atoms with Gasteiger partial charge in [-0.3, -0.25) is 0 Å². The number of sulfone groups is 1. The van der Waals surface area contributed by atoms with Crippen molar-refractivity contribution in [1.82, 2.24) is 0 Å². The van der Waals surface area contributed by atoms with Gasteiger partial charge in [-0.2, -0.15) is 0 Å². The van der Waals surface area contributed by atoms with Gasteiger partial charge in [0.05, 0.1) is 27.2 Å². The Morgan fingerprint density at radius 2 is 1.85 bits per heavy atom. The van der Waals surface area contributed by atoms with E-state index < -0.39 is 26.4 Å². The highest BCUT2D eigenvalue weighted by Gasteiger charge is 2.73. The van der Waals surface area contributed by atoms with Crippen molar-refractivity contribution < 1.29 is 13.2 Å². The Morgan fingerprint density at radius 1 is 1.19 bits per heavy atom. The van der Waals surface area contributed by atoms with E-state index in [-0.39, 0.29) is 16.5 Å². The standard InChI is InChI=1S/C18H17Cl2NO3S2/c1-24-10-18(17(21)25)15(11-3-2-4-13(20)9-11)16(18)26(22,23)14-7-5-12(19)6-8-14/h2-9,15-16H,10H2,1H3,(H2,21,25)/t15-,16+,18-/m0/s1. The van der Waals surface area contributed by atoms with Gasteiger partial charge in [0.25, 0.3) is 0 Å². The maximum Gasteiger partial charge on any atom is 0.182 e. The zero-order valence-electron chi connectivity index (χ0n) is 13.9. The van der Waals surface area contributed by atoms with Crippen molar-refractivity contribution in [2.45, 2.75) is 16.1 Å². The van der Waals surface area contributed by atoms with Crippen molar-refractivity contribution in [3.8, 4) is 0 Å². The summed E-state index contributed by atoms with van der Waals surface area (Å²) in [6.45, 7) is 0.108. The number of methoxy groups -OCH3 is 1. The molecule has 0 amide bonds. The van der Waals surface area contributed by atoms with Crippen LogP contribution in [0.25, 0.3) is 0 Å². The van der Waals surface area contributed by atoms with E-state index in [1.165, 1.54) is 19.2 Å².